The van der Waals surface area contributed by atoms with Crippen LogP contribution in [0.1, 0.15) is 39.2 Å². The zero-order chi connectivity index (χ0) is 17.7. The molecule has 0 bridgehead atoms. The van der Waals surface area contributed by atoms with Crippen molar-refractivity contribution >= 4 is 11.9 Å². The highest BCUT2D eigenvalue weighted by atomic mass is 19.1. The van der Waals surface area contributed by atoms with Crippen LogP contribution in [0.15, 0.2) is 24.3 Å². The maximum Gasteiger partial charge on any atom is 0.317 e. The standard InChI is InChI=1S/C18H26FN3O2/c1-18(2,3)21-17(24)22-9-7-15(8-10-22)20-16(23)12-13-5-4-6-14(19)11-13/h4-6,11,15H,7-10,12H2,1-3H3,(H,20,23)(H,21,24). The molecule has 5 nitrogen and oxygen atoms in total. The summed E-state index contributed by atoms with van der Waals surface area (Å²) in [4.78, 5) is 26.0. The predicted octanol–water partition coefficient (Wildman–Crippen LogP) is 2.46. The highest BCUT2D eigenvalue weighted by molar-refractivity contribution is 5.79. The van der Waals surface area contributed by atoms with Crippen LogP contribution in [0.4, 0.5) is 9.18 Å². The molecule has 2 N–H and O–H groups in total. The molecule has 24 heavy (non-hydrogen) atoms. The topological polar surface area (TPSA) is 61.4 Å². The fraction of sp³-hybridized carbons (Fsp3) is 0.556. The lowest BCUT2D eigenvalue weighted by molar-refractivity contribution is -0.121. The van der Waals surface area contributed by atoms with Gasteiger partial charge in [-0.3, -0.25) is 4.79 Å². The fourth-order valence-electron chi connectivity index (χ4n) is 2.74. The molecule has 0 atom stereocenters. The first-order chi connectivity index (χ1) is 11.2. The molecular weight excluding hydrogens is 309 g/mol. The Morgan fingerprint density at radius 3 is 2.50 bits per heavy atom. The number of urea groups is 1. The summed E-state index contributed by atoms with van der Waals surface area (Å²) in [6.45, 7) is 7.08. The van der Waals surface area contributed by atoms with E-state index in [-0.39, 0.29) is 35.8 Å². The Balaban J connectivity index is 1.76. The van der Waals surface area contributed by atoms with E-state index >= 15 is 0 Å². The summed E-state index contributed by atoms with van der Waals surface area (Å²) >= 11 is 0. The molecule has 1 aliphatic heterocycles. The van der Waals surface area contributed by atoms with Gasteiger partial charge in [0.25, 0.3) is 0 Å². The summed E-state index contributed by atoms with van der Waals surface area (Å²) in [7, 11) is 0. The Kier molecular flexibility index (Phi) is 5.80. The number of amides is 3. The van der Waals surface area contributed by atoms with Crippen LogP contribution in [0.25, 0.3) is 0 Å². The van der Waals surface area contributed by atoms with Crippen molar-refractivity contribution in [2.75, 3.05) is 13.1 Å². The summed E-state index contributed by atoms with van der Waals surface area (Å²) in [6, 6.07) is 6.07. The number of halogens is 1. The molecule has 1 aliphatic rings. The van der Waals surface area contributed by atoms with Gasteiger partial charge in [-0.2, -0.15) is 0 Å². The molecule has 132 valence electrons. The van der Waals surface area contributed by atoms with E-state index in [1.165, 1.54) is 12.1 Å². The van der Waals surface area contributed by atoms with Gasteiger partial charge in [0.05, 0.1) is 6.42 Å². The molecule has 2 rings (SSSR count). The molecule has 6 heteroatoms. The van der Waals surface area contributed by atoms with Crippen molar-refractivity contribution in [2.45, 2.75) is 51.6 Å². The third-order valence-electron chi connectivity index (χ3n) is 3.88. The second kappa shape index (κ2) is 7.64. The lowest BCUT2D eigenvalue weighted by Crippen LogP contribution is -2.53. The van der Waals surface area contributed by atoms with Crippen molar-refractivity contribution in [3.05, 3.63) is 35.6 Å². The van der Waals surface area contributed by atoms with E-state index in [4.69, 9.17) is 0 Å². The lowest BCUT2D eigenvalue weighted by atomic mass is 10.0. The van der Waals surface area contributed by atoms with Crippen LogP contribution < -0.4 is 10.6 Å². The van der Waals surface area contributed by atoms with Gasteiger partial charge in [0, 0.05) is 24.7 Å². The quantitative estimate of drug-likeness (QED) is 0.891. The minimum absolute atomic E-state index is 0.0599. The van der Waals surface area contributed by atoms with Crippen LogP contribution in [-0.2, 0) is 11.2 Å². The minimum Gasteiger partial charge on any atom is -0.353 e. The summed E-state index contributed by atoms with van der Waals surface area (Å²) in [5.41, 5.74) is 0.405. The smallest absolute Gasteiger partial charge is 0.317 e. The number of hydrogen-bond donors (Lipinski definition) is 2. The highest BCUT2D eigenvalue weighted by Gasteiger charge is 2.25. The normalized spacial score (nSPS) is 15.9. The van der Waals surface area contributed by atoms with E-state index in [9.17, 15) is 14.0 Å². The van der Waals surface area contributed by atoms with Gasteiger partial charge in [-0.1, -0.05) is 12.1 Å². The zero-order valence-corrected chi connectivity index (χ0v) is 14.6. The predicted molar refractivity (Wildman–Crippen MR) is 91.1 cm³/mol. The molecule has 1 heterocycles. The summed E-state index contributed by atoms with van der Waals surface area (Å²) in [6.07, 6.45) is 1.63. The van der Waals surface area contributed by atoms with Crippen LogP contribution in [0.3, 0.4) is 0 Å². The third kappa shape index (κ3) is 5.83. The van der Waals surface area contributed by atoms with Crippen LogP contribution in [0, 0.1) is 5.82 Å². The second-order valence-corrected chi connectivity index (χ2v) is 7.32. The van der Waals surface area contributed by atoms with Gasteiger partial charge in [0.1, 0.15) is 5.82 Å². The first kappa shape index (κ1) is 18.2. The summed E-state index contributed by atoms with van der Waals surface area (Å²) < 4.78 is 13.1. The first-order valence-corrected chi connectivity index (χ1v) is 8.34. The van der Waals surface area contributed by atoms with Crippen LogP contribution >= 0.6 is 0 Å². The SMILES string of the molecule is CC(C)(C)NC(=O)N1CCC(NC(=O)Cc2cccc(F)c2)CC1. The fourth-order valence-corrected chi connectivity index (χ4v) is 2.74. The maximum atomic E-state index is 13.1. The molecule has 0 saturated carbocycles. The monoisotopic (exact) mass is 335 g/mol. The van der Waals surface area contributed by atoms with E-state index in [1.807, 2.05) is 20.8 Å². The van der Waals surface area contributed by atoms with E-state index in [2.05, 4.69) is 10.6 Å². The van der Waals surface area contributed by atoms with Crippen molar-refractivity contribution in [1.29, 1.82) is 0 Å². The van der Waals surface area contributed by atoms with E-state index in [1.54, 1.807) is 17.0 Å². The second-order valence-electron chi connectivity index (χ2n) is 7.32. The van der Waals surface area contributed by atoms with Crippen molar-refractivity contribution in [2.24, 2.45) is 0 Å². The van der Waals surface area contributed by atoms with Gasteiger partial charge < -0.3 is 15.5 Å². The number of rotatable bonds is 3. The van der Waals surface area contributed by atoms with E-state index in [0.717, 1.165) is 12.8 Å². The molecular formula is C18H26FN3O2. The number of carbonyl (C=O) groups excluding carboxylic acids is 2. The van der Waals surface area contributed by atoms with Gasteiger partial charge in [0.15, 0.2) is 0 Å². The van der Waals surface area contributed by atoms with Crippen LogP contribution in [0.5, 0.6) is 0 Å². The number of nitrogens with one attached hydrogen (secondary N) is 2. The molecule has 1 fully saturated rings. The van der Waals surface area contributed by atoms with Crippen LogP contribution in [-0.4, -0.2) is 41.5 Å². The molecule has 3 amide bonds. The Labute approximate surface area is 142 Å². The van der Waals surface area contributed by atoms with Gasteiger partial charge in [-0.05, 0) is 51.3 Å². The molecule has 1 saturated heterocycles. The highest BCUT2D eigenvalue weighted by Crippen LogP contribution is 2.12. The molecule has 0 radical (unpaired) electrons. The van der Waals surface area contributed by atoms with Crippen LogP contribution in [0.2, 0.25) is 0 Å². The number of benzene rings is 1. The van der Waals surface area contributed by atoms with Crippen molar-refractivity contribution in [3.63, 3.8) is 0 Å². The Bertz CT molecular complexity index is 590. The Morgan fingerprint density at radius 1 is 1.25 bits per heavy atom. The van der Waals surface area contributed by atoms with Crippen molar-refractivity contribution in [3.8, 4) is 0 Å². The van der Waals surface area contributed by atoms with Crippen molar-refractivity contribution < 1.29 is 14.0 Å². The average molecular weight is 335 g/mol. The molecule has 0 aliphatic carbocycles. The maximum absolute atomic E-state index is 13.1. The molecule has 0 spiro atoms. The van der Waals surface area contributed by atoms with Gasteiger partial charge in [-0.25, -0.2) is 9.18 Å². The zero-order valence-electron chi connectivity index (χ0n) is 14.6. The lowest BCUT2D eigenvalue weighted by Gasteiger charge is -2.34. The minimum atomic E-state index is -0.335. The van der Waals surface area contributed by atoms with E-state index < -0.39 is 0 Å². The third-order valence-corrected chi connectivity index (χ3v) is 3.88. The Hall–Kier alpha value is -2.11. The van der Waals surface area contributed by atoms with Gasteiger partial charge >= 0.3 is 6.03 Å². The number of carbonyl (C=O) groups is 2. The molecule has 1 aromatic carbocycles. The number of hydrogen-bond acceptors (Lipinski definition) is 2. The number of likely N-dealkylation sites (tertiary alicyclic amines) is 1. The summed E-state index contributed by atoms with van der Waals surface area (Å²) in [5, 5.41) is 5.92. The summed E-state index contributed by atoms with van der Waals surface area (Å²) in [5.74, 6) is -0.448. The first-order valence-electron chi connectivity index (χ1n) is 8.34. The van der Waals surface area contributed by atoms with Crippen molar-refractivity contribution in [1.82, 2.24) is 15.5 Å². The van der Waals surface area contributed by atoms with Gasteiger partial charge in [-0.15, -0.1) is 0 Å². The Morgan fingerprint density at radius 2 is 1.92 bits per heavy atom. The van der Waals surface area contributed by atoms with Gasteiger partial charge in [0.2, 0.25) is 5.91 Å². The van der Waals surface area contributed by atoms with E-state index in [0.29, 0.717) is 18.7 Å². The molecule has 0 unspecified atom stereocenters. The largest absolute Gasteiger partial charge is 0.353 e. The molecule has 1 aromatic rings. The number of piperidine rings is 1. The number of nitrogens with zero attached hydrogens (tertiary/aromatic N) is 1. The average Bonchev–Trinajstić information content (AvgIpc) is 2.46. The molecule has 0 aromatic heterocycles.